The molecule has 0 aliphatic rings. The highest BCUT2D eigenvalue weighted by Gasteiger charge is 2.21. The second-order valence-corrected chi connectivity index (χ2v) is 10.1. The Morgan fingerprint density at radius 3 is 2.77 bits per heavy atom. The Labute approximate surface area is 209 Å². The summed E-state index contributed by atoms with van der Waals surface area (Å²) in [4.78, 5) is 12.6. The lowest BCUT2D eigenvalue weighted by Gasteiger charge is -2.08. The molecule has 0 aliphatic carbocycles. The van der Waals surface area contributed by atoms with Gasteiger partial charge < -0.3 is 9.84 Å². The van der Waals surface area contributed by atoms with Crippen LogP contribution in [0.5, 0.6) is 11.5 Å². The summed E-state index contributed by atoms with van der Waals surface area (Å²) < 4.78 is 47.0. The number of pyridine rings is 1. The van der Waals surface area contributed by atoms with Gasteiger partial charge in [-0.1, -0.05) is 23.7 Å². The third kappa shape index (κ3) is 5.42. The van der Waals surface area contributed by atoms with Crippen LogP contribution in [0.3, 0.4) is 0 Å². The van der Waals surface area contributed by atoms with Gasteiger partial charge >= 0.3 is 0 Å². The Kier molecular flexibility index (Phi) is 7.01. The van der Waals surface area contributed by atoms with Gasteiger partial charge in [0, 0.05) is 22.7 Å². The van der Waals surface area contributed by atoms with E-state index in [1.165, 1.54) is 31.7 Å². The molecule has 4 aromatic rings. The molecule has 2 aromatic heterocycles. The molecule has 0 atom stereocenters. The number of aliphatic imine (C=N–C) groups is 1. The number of anilines is 1. The van der Waals surface area contributed by atoms with Gasteiger partial charge in [0.05, 0.1) is 29.7 Å². The third-order valence-corrected chi connectivity index (χ3v) is 7.41. The van der Waals surface area contributed by atoms with Crippen LogP contribution < -0.4 is 9.46 Å². The van der Waals surface area contributed by atoms with Crippen molar-refractivity contribution in [3.05, 3.63) is 76.0 Å². The van der Waals surface area contributed by atoms with Crippen molar-refractivity contribution in [3.63, 3.8) is 0 Å². The van der Waals surface area contributed by atoms with Crippen LogP contribution in [0, 0.1) is 12.7 Å². The molecule has 0 amide bonds. The molecule has 2 N–H and O–H groups in total. The summed E-state index contributed by atoms with van der Waals surface area (Å²) in [6, 6.07) is 10.8. The van der Waals surface area contributed by atoms with Crippen molar-refractivity contribution in [2.45, 2.75) is 11.9 Å². The van der Waals surface area contributed by atoms with E-state index in [9.17, 15) is 17.9 Å². The van der Waals surface area contributed by atoms with Crippen molar-refractivity contribution in [3.8, 4) is 22.8 Å². The first-order valence-corrected chi connectivity index (χ1v) is 12.7. The molecule has 0 radical (unpaired) electrons. The molecule has 8 nitrogen and oxygen atoms in total. The molecule has 2 aromatic carbocycles. The van der Waals surface area contributed by atoms with E-state index in [0.29, 0.717) is 33.8 Å². The van der Waals surface area contributed by atoms with E-state index in [4.69, 9.17) is 16.3 Å². The van der Waals surface area contributed by atoms with Crippen molar-refractivity contribution in [1.29, 1.82) is 0 Å². The van der Waals surface area contributed by atoms with Crippen molar-refractivity contribution in [2.24, 2.45) is 4.99 Å². The van der Waals surface area contributed by atoms with E-state index in [2.05, 4.69) is 19.7 Å². The van der Waals surface area contributed by atoms with Crippen molar-refractivity contribution in [2.75, 3.05) is 11.8 Å². The maximum Gasteiger partial charge on any atom is 0.281 e. The number of ether oxygens (including phenoxy) is 1. The normalized spacial score (nSPS) is 11.7. The summed E-state index contributed by atoms with van der Waals surface area (Å²) in [5.74, 6) is -0.346. The lowest BCUT2D eigenvalue weighted by atomic mass is 10.2. The topological polar surface area (TPSA) is 114 Å². The fraction of sp³-hybridized carbons (Fsp3) is 0.0870. The largest absolute Gasteiger partial charge is 0.504 e. The first-order valence-electron chi connectivity index (χ1n) is 9.98. The first-order chi connectivity index (χ1) is 16.7. The fourth-order valence-electron chi connectivity index (χ4n) is 3.12. The number of rotatable bonds is 7. The lowest BCUT2D eigenvalue weighted by molar-refractivity contribution is 0.373. The van der Waals surface area contributed by atoms with Gasteiger partial charge in [0.25, 0.3) is 10.0 Å². The standard InChI is InChI=1S/C23H18ClFN4O4S2/c1-13-8-16(26-10-15-4-3-5-20(33-2)21(15)30)11-27-22(13)35(31,32)29-23-28-19(12-34-23)14-6-7-17(24)18(25)9-14/h3-12,30H,1-2H3,(H,28,29)/b26-10+. The van der Waals surface area contributed by atoms with Gasteiger partial charge in [-0.25, -0.2) is 14.4 Å². The maximum atomic E-state index is 13.7. The number of aromatic hydroxyl groups is 1. The molecule has 180 valence electrons. The van der Waals surface area contributed by atoms with Crippen LogP contribution in [0.25, 0.3) is 11.3 Å². The van der Waals surface area contributed by atoms with Crippen LogP contribution in [0.1, 0.15) is 11.1 Å². The number of phenolic OH excluding ortho intramolecular Hbond substituents is 1. The number of thiazole rings is 1. The molecule has 0 saturated heterocycles. The quantitative estimate of drug-likeness (QED) is 0.301. The van der Waals surface area contributed by atoms with Crippen LogP contribution in [-0.2, 0) is 10.0 Å². The zero-order valence-electron chi connectivity index (χ0n) is 18.4. The third-order valence-electron chi connectivity index (χ3n) is 4.81. The number of aryl methyl sites for hydroxylation is 1. The van der Waals surface area contributed by atoms with E-state index in [1.54, 1.807) is 42.6 Å². The van der Waals surface area contributed by atoms with Crippen LogP contribution in [-0.4, -0.2) is 36.8 Å². The summed E-state index contributed by atoms with van der Waals surface area (Å²) in [5.41, 5.74) is 2.05. The molecule has 0 saturated carbocycles. The highest BCUT2D eigenvalue weighted by molar-refractivity contribution is 7.92. The van der Waals surface area contributed by atoms with Gasteiger partial charge in [0.15, 0.2) is 21.7 Å². The second kappa shape index (κ2) is 9.98. The van der Waals surface area contributed by atoms with Gasteiger partial charge in [-0.2, -0.15) is 8.42 Å². The van der Waals surface area contributed by atoms with Crippen LogP contribution in [0.15, 0.2) is 64.1 Å². The summed E-state index contributed by atoms with van der Waals surface area (Å²) >= 11 is 6.76. The number of aromatic nitrogens is 2. The molecular weight excluding hydrogens is 515 g/mol. The van der Waals surface area contributed by atoms with Crippen LogP contribution in [0.2, 0.25) is 5.02 Å². The Morgan fingerprint density at radius 1 is 1.26 bits per heavy atom. The van der Waals surface area contributed by atoms with Gasteiger partial charge in [-0.3, -0.25) is 9.71 Å². The summed E-state index contributed by atoms with van der Waals surface area (Å²) in [5, 5.41) is 11.7. The van der Waals surface area contributed by atoms with Gasteiger partial charge in [-0.15, -0.1) is 11.3 Å². The zero-order valence-corrected chi connectivity index (χ0v) is 20.7. The molecule has 0 bridgehead atoms. The lowest BCUT2D eigenvalue weighted by Crippen LogP contribution is -2.15. The van der Waals surface area contributed by atoms with E-state index in [-0.39, 0.29) is 20.9 Å². The molecule has 2 heterocycles. The maximum absolute atomic E-state index is 13.7. The Balaban J connectivity index is 1.53. The van der Waals surface area contributed by atoms with Crippen molar-refractivity contribution < 1.29 is 22.7 Å². The minimum absolute atomic E-state index is 0.0143. The Morgan fingerprint density at radius 2 is 2.06 bits per heavy atom. The minimum Gasteiger partial charge on any atom is -0.504 e. The molecule has 0 fully saturated rings. The minimum atomic E-state index is -4.04. The van der Waals surface area contributed by atoms with Crippen molar-refractivity contribution >= 4 is 50.0 Å². The van der Waals surface area contributed by atoms with E-state index in [0.717, 1.165) is 11.3 Å². The molecule has 12 heteroatoms. The van der Waals surface area contributed by atoms with Crippen LogP contribution in [0.4, 0.5) is 15.2 Å². The number of hydrogen-bond donors (Lipinski definition) is 2. The van der Waals surface area contributed by atoms with Gasteiger partial charge in [-0.05, 0) is 42.8 Å². The number of para-hydroxylation sites is 1. The van der Waals surface area contributed by atoms with Gasteiger partial charge in [0.2, 0.25) is 0 Å². The number of hydrogen-bond acceptors (Lipinski definition) is 8. The van der Waals surface area contributed by atoms with Gasteiger partial charge in [0.1, 0.15) is 5.82 Å². The number of sulfonamides is 1. The number of nitrogens with one attached hydrogen (secondary N) is 1. The molecule has 35 heavy (non-hydrogen) atoms. The summed E-state index contributed by atoms with van der Waals surface area (Å²) in [7, 11) is -2.60. The predicted molar refractivity (Wildman–Crippen MR) is 134 cm³/mol. The monoisotopic (exact) mass is 532 g/mol. The predicted octanol–water partition coefficient (Wildman–Crippen LogP) is 5.57. The number of phenols is 1. The van der Waals surface area contributed by atoms with E-state index >= 15 is 0 Å². The highest BCUT2D eigenvalue weighted by Crippen LogP contribution is 2.30. The number of halogens is 2. The van der Waals surface area contributed by atoms with E-state index in [1.807, 2.05) is 0 Å². The fourth-order valence-corrected chi connectivity index (χ4v) is 5.37. The smallest absolute Gasteiger partial charge is 0.281 e. The average molecular weight is 533 g/mol. The van der Waals surface area contributed by atoms with Crippen molar-refractivity contribution in [1.82, 2.24) is 9.97 Å². The van der Waals surface area contributed by atoms with E-state index < -0.39 is 15.8 Å². The second-order valence-electron chi connectivity index (χ2n) is 7.24. The summed E-state index contributed by atoms with van der Waals surface area (Å²) in [6.45, 7) is 1.59. The number of benzene rings is 2. The highest BCUT2D eigenvalue weighted by atomic mass is 35.5. The first kappa shape index (κ1) is 24.6. The Bertz CT molecular complexity index is 1540. The molecular formula is C23H18ClFN4O4S2. The average Bonchev–Trinajstić information content (AvgIpc) is 3.27. The summed E-state index contributed by atoms with van der Waals surface area (Å²) in [6.07, 6.45) is 2.73. The SMILES string of the molecule is COc1cccc(/C=N/c2cnc(S(=O)(=O)Nc3nc(-c4ccc(Cl)c(F)c4)cs3)c(C)c2)c1O. The molecule has 0 unspecified atom stereocenters. The number of nitrogens with zero attached hydrogens (tertiary/aromatic N) is 3. The molecule has 4 rings (SSSR count). The molecule has 0 aliphatic heterocycles. The Hall–Kier alpha value is -3.54. The molecule has 0 spiro atoms. The number of methoxy groups -OCH3 is 1. The van der Waals surface area contributed by atoms with Crippen LogP contribution >= 0.6 is 22.9 Å². The zero-order chi connectivity index (χ0) is 25.2.